The van der Waals surface area contributed by atoms with Gasteiger partial charge in [0, 0.05) is 17.8 Å². The number of nitrogens with one attached hydrogen (secondary N) is 1. The van der Waals surface area contributed by atoms with Gasteiger partial charge in [0.2, 0.25) is 0 Å². The van der Waals surface area contributed by atoms with Crippen molar-refractivity contribution in [2.24, 2.45) is 17.8 Å². The Morgan fingerprint density at radius 1 is 1.13 bits per heavy atom. The molecule has 0 heterocycles. The lowest BCUT2D eigenvalue weighted by atomic mass is 9.77. The number of ketones is 1. The first-order valence-corrected chi connectivity index (χ1v) is 8.50. The normalized spacial score (nSPS) is 21.2. The van der Waals surface area contributed by atoms with Crippen LogP contribution in [0, 0.1) is 17.8 Å². The number of carboxylic acid groups (broad SMARTS) is 1. The van der Waals surface area contributed by atoms with E-state index in [0.29, 0.717) is 11.5 Å². The maximum Gasteiger partial charge on any atom is 0.335 e. The smallest absolute Gasteiger partial charge is 0.335 e. The number of rotatable bonds is 6. The van der Waals surface area contributed by atoms with Crippen molar-refractivity contribution < 1.29 is 14.7 Å². The highest BCUT2D eigenvalue weighted by Gasteiger charge is 2.23. The summed E-state index contributed by atoms with van der Waals surface area (Å²) in [5, 5.41) is 12.5. The summed E-state index contributed by atoms with van der Waals surface area (Å²) < 4.78 is 0. The zero-order chi connectivity index (χ0) is 17.0. The Bertz CT molecular complexity index is 540. The largest absolute Gasteiger partial charge is 0.478 e. The lowest BCUT2D eigenvalue weighted by molar-refractivity contribution is 0.0697. The molecule has 4 nitrogen and oxygen atoms in total. The number of Topliss-reactive ketones (excluding diaryl/α,β-unsaturated/α-hetero) is 1. The summed E-state index contributed by atoms with van der Waals surface area (Å²) >= 11 is 0. The number of anilines is 1. The summed E-state index contributed by atoms with van der Waals surface area (Å²) in [6.45, 7) is 6.89. The first-order valence-electron chi connectivity index (χ1n) is 8.50. The van der Waals surface area contributed by atoms with E-state index in [9.17, 15) is 14.7 Å². The molecule has 126 valence electrons. The fourth-order valence-corrected chi connectivity index (χ4v) is 3.38. The second-order valence-electron chi connectivity index (χ2n) is 7.07. The molecule has 0 spiro atoms. The first-order chi connectivity index (χ1) is 10.9. The minimum absolute atomic E-state index is 0.117. The number of hydrogen-bond acceptors (Lipinski definition) is 3. The van der Waals surface area contributed by atoms with Gasteiger partial charge in [-0.25, -0.2) is 4.79 Å². The minimum Gasteiger partial charge on any atom is -0.478 e. The molecule has 0 amide bonds. The zero-order valence-corrected chi connectivity index (χ0v) is 14.3. The number of benzene rings is 1. The van der Waals surface area contributed by atoms with E-state index < -0.39 is 5.97 Å². The zero-order valence-electron chi connectivity index (χ0n) is 14.3. The number of aromatic carboxylic acids is 1. The van der Waals surface area contributed by atoms with E-state index in [4.69, 9.17) is 0 Å². The number of hydrogen-bond donors (Lipinski definition) is 2. The van der Waals surface area contributed by atoms with Gasteiger partial charge in [-0.15, -0.1) is 0 Å². The third-order valence-corrected chi connectivity index (χ3v) is 5.02. The van der Waals surface area contributed by atoms with Crippen molar-refractivity contribution in [3.05, 3.63) is 29.3 Å². The van der Waals surface area contributed by atoms with Gasteiger partial charge in [-0.3, -0.25) is 4.79 Å². The van der Waals surface area contributed by atoms with Crippen molar-refractivity contribution in [1.82, 2.24) is 0 Å². The van der Waals surface area contributed by atoms with E-state index in [0.717, 1.165) is 24.1 Å². The van der Waals surface area contributed by atoms with Crippen LogP contribution in [0.3, 0.4) is 0 Å². The molecule has 1 aliphatic carbocycles. The molecule has 1 aromatic rings. The molecule has 0 atom stereocenters. The Labute approximate surface area is 138 Å². The SMILES string of the molecule is CC(=O)c1cc(NCC2CCC(C(C)C)CC2)cc(C(=O)O)c1. The van der Waals surface area contributed by atoms with Gasteiger partial charge < -0.3 is 10.4 Å². The average Bonchev–Trinajstić information content (AvgIpc) is 2.52. The summed E-state index contributed by atoms with van der Waals surface area (Å²) in [7, 11) is 0. The Morgan fingerprint density at radius 2 is 1.74 bits per heavy atom. The Morgan fingerprint density at radius 3 is 2.26 bits per heavy atom. The highest BCUT2D eigenvalue weighted by molar-refractivity contribution is 5.98. The van der Waals surface area contributed by atoms with Crippen LogP contribution in [0.5, 0.6) is 0 Å². The van der Waals surface area contributed by atoms with Gasteiger partial charge in [0.25, 0.3) is 0 Å². The van der Waals surface area contributed by atoms with Crippen LogP contribution in [0.4, 0.5) is 5.69 Å². The Balaban J connectivity index is 1.98. The Hall–Kier alpha value is -1.84. The first kappa shape index (κ1) is 17.5. The van der Waals surface area contributed by atoms with Crippen LogP contribution in [0.2, 0.25) is 0 Å². The molecule has 2 N–H and O–H groups in total. The molecule has 0 bridgehead atoms. The van der Waals surface area contributed by atoms with Gasteiger partial charge in [0.15, 0.2) is 5.78 Å². The van der Waals surface area contributed by atoms with Crippen LogP contribution in [0.1, 0.15) is 67.2 Å². The molecule has 1 saturated carbocycles. The highest BCUT2D eigenvalue weighted by atomic mass is 16.4. The maximum atomic E-state index is 11.6. The van der Waals surface area contributed by atoms with Gasteiger partial charge in [-0.2, -0.15) is 0 Å². The molecule has 0 aliphatic heterocycles. The molecular weight excluding hydrogens is 290 g/mol. The van der Waals surface area contributed by atoms with Crippen LogP contribution >= 0.6 is 0 Å². The van der Waals surface area contributed by atoms with E-state index in [1.54, 1.807) is 12.1 Å². The standard InChI is InChI=1S/C19H27NO3/c1-12(2)15-6-4-14(5-7-15)11-20-18-9-16(13(3)21)8-17(10-18)19(22)23/h8-10,12,14-15,20H,4-7,11H2,1-3H3,(H,22,23). The Kier molecular flexibility index (Phi) is 5.80. The second kappa shape index (κ2) is 7.62. The fraction of sp³-hybridized carbons (Fsp3) is 0.579. The summed E-state index contributed by atoms with van der Waals surface area (Å²) in [6, 6.07) is 4.78. The van der Waals surface area contributed by atoms with Crippen LogP contribution in [-0.2, 0) is 0 Å². The minimum atomic E-state index is -1.01. The van der Waals surface area contributed by atoms with Crippen LogP contribution in [0.15, 0.2) is 18.2 Å². The van der Waals surface area contributed by atoms with Gasteiger partial charge >= 0.3 is 5.97 Å². The fourth-order valence-electron chi connectivity index (χ4n) is 3.38. The van der Waals surface area contributed by atoms with Crippen molar-refractivity contribution in [1.29, 1.82) is 0 Å². The number of carbonyl (C=O) groups is 2. The lowest BCUT2D eigenvalue weighted by Gasteiger charge is -2.31. The van der Waals surface area contributed by atoms with Gasteiger partial charge in [-0.05, 0) is 68.6 Å². The van der Waals surface area contributed by atoms with Gasteiger partial charge in [0.1, 0.15) is 0 Å². The van der Waals surface area contributed by atoms with Crippen LogP contribution < -0.4 is 5.32 Å². The van der Waals surface area contributed by atoms with Crippen molar-refractivity contribution in [2.75, 3.05) is 11.9 Å². The van der Waals surface area contributed by atoms with Gasteiger partial charge in [0.05, 0.1) is 5.56 Å². The van der Waals surface area contributed by atoms with Crippen LogP contribution in [-0.4, -0.2) is 23.4 Å². The van der Waals surface area contributed by atoms with E-state index in [-0.39, 0.29) is 11.3 Å². The summed E-state index contributed by atoms with van der Waals surface area (Å²) in [6.07, 6.45) is 4.98. The predicted octanol–water partition coefficient (Wildman–Crippen LogP) is 4.46. The molecule has 2 rings (SSSR count). The molecule has 1 aliphatic rings. The lowest BCUT2D eigenvalue weighted by Crippen LogP contribution is -2.23. The van der Waals surface area contributed by atoms with Gasteiger partial charge in [-0.1, -0.05) is 13.8 Å². The van der Waals surface area contributed by atoms with E-state index in [2.05, 4.69) is 19.2 Å². The summed E-state index contributed by atoms with van der Waals surface area (Å²) in [5.74, 6) is 1.10. The molecule has 0 radical (unpaired) electrons. The molecule has 4 heteroatoms. The molecule has 1 fully saturated rings. The third kappa shape index (κ3) is 4.81. The highest BCUT2D eigenvalue weighted by Crippen LogP contribution is 2.33. The number of carbonyl (C=O) groups excluding carboxylic acids is 1. The van der Waals surface area contributed by atoms with E-state index in [1.807, 2.05) is 0 Å². The summed E-state index contributed by atoms with van der Waals surface area (Å²) in [5.41, 5.74) is 1.32. The van der Waals surface area contributed by atoms with Crippen molar-refractivity contribution >= 4 is 17.4 Å². The molecular formula is C19H27NO3. The number of carboxylic acids is 1. The molecule has 0 unspecified atom stereocenters. The maximum absolute atomic E-state index is 11.6. The van der Waals surface area contributed by atoms with Crippen molar-refractivity contribution in [3.8, 4) is 0 Å². The second-order valence-corrected chi connectivity index (χ2v) is 7.07. The molecule has 0 aromatic heterocycles. The summed E-state index contributed by atoms with van der Waals surface area (Å²) in [4.78, 5) is 22.8. The topological polar surface area (TPSA) is 66.4 Å². The molecule has 0 saturated heterocycles. The van der Waals surface area contributed by atoms with Crippen molar-refractivity contribution in [2.45, 2.75) is 46.5 Å². The quantitative estimate of drug-likeness (QED) is 0.760. The van der Waals surface area contributed by atoms with Crippen molar-refractivity contribution in [3.63, 3.8) is 0 Å². The molecule has 1 aromatic carbocycles. The third-order valence-electron chi connectivity index (χ3n) is 5.02. The van der Waals surface area contributed by atoms with E-state index >= 15 is 0 Å². The van der Waals surface area contributed by atoms with Crippen LogP contribution in [0.25, 0.3) is 0 Å². The van der Waals surface area contributed by atoms with E-state index in [1.165, 1.54) is 38.7 Å². The average molecular weight is 317 g/mol. The molecule has 23 heavy (non-hydrogen) atoms. The monoisotopic (exact) mass is 317 g/mol. The predicted molar refractivity (Wildman–Crippen MR) is 92.2 cm³/mol.